The van der Waals surface area contributed by atoms with Crippen molar-refractivity contribution >= 4 is 16.9 Å². The van der Waals surface area contributed by atoms with E-state index in [1.165, 1.54) is 6.26 Å². The first-order valence-electron chi connectivity index (χ1n) is 7.09. The van der Waals surface area contributed by atoms with Crippen LogP contribution in [0.25, 0.3) is 11.0 Å². The van der Waals surface area contributed by atoms with E-state index >= 15 is 0 Å². The number of hydrogen-bond acceptors (Lipinski definition) is 4. The monoisotopic (exact) mass is 300 g/mol. The molecule has 0 atom stereocenters. The number of aryl methyl sites for hydroxylation is 1. The first kappa shape index (κ1) is 14.1. The maximum absolute atomic E-state index is 12.2. The summed E-state index contributed by atoms with van der Waals surface area (Å²) in [5, 5.41) is 9.68. The molecule has 0 aliphatic rings. The normalized spacial score (nSPS) is 11.0. The molecule has 0 saturated heterocycles. The van der Waals surface area contributed by atoms with E-state index < -0.39 is 0 Å². The minimum absolute atomic E-state index is 0.204. The van der Waals surface area contributed by atoms with Crippen molar-refractivity contribution in [1.29, 1.82) is 0 Å². The Morgan fingerprint density at radius 1 is 1.41 bits per heavy atom. The van der Waals surface area contributed by atoms with Crippen molar-refractivity contribution in [3.63, 3.8) is 0 Å². The van der Waals surface area contributed by atoms with Crippen LogP contribution in [0, 0.1) is 0 Å². The molecule has 0 spiro atoms. The largest absolute Gasteiger partial charge is 0.463 e. The quantitative estimate of drug-likeness (QED) is 0.662. The second-order valence-corrected chi connectivity index (χ2v) is 4.96. The number of rotatable bonds is 5. The van der Waals surface area contributed by atoms with Gasteiger partial charge in [-0.2, -0.15) is 5.10 Å². The average molecular weight is 300 g/mol. The molecule has 114 valence electrons. The number of nitrogens with zero attached hydrogens (tertiary/aromatic N) is 1. The molecule has 0 aliphatic carbocycles. The van der Waals surface area contributed by atoms with Gasteiger partial charge in [-0.15, -0.1) is 0 Å². The van der Waals surface area contributed by atoms with Crippen molar-refractivity contribution in [1.82, 2.24) is 20.5 Å². The van der Waals surface area contributed by atoms with Gasteiger partial charge in [-0.05, 0) is 24.1 Å². The summed E-state index contributed by atoms with van der Waals surface area (Å²) in [7, 11) is 0. The number of nitrogens with one attached hydrogen (secondary N) is 3. The highest BCUT2D eigenvalue weighted by Gasteiger charge is 2.13. The second-order valence-electron chi connectivity index (χ2n) is 4.96. The average Bonchev–Trinajstić information content (AvgIpc) is 3.12. The number of benzene rings is 1. The lowest BCUT2D eigenvalue weighted by Gasteiger charge is -2.02. The van der Waals surface area contributed by atoms with Crippen molar-refractivity contribution in [3.8, 4) is 0 Å². The van der Waals surface area contributed by atoms with E-state index in [1.54, 1.807) is 0 Å². The Morgan fingerprint density at radius 2 is 2.27 bits per heavy atom. The Kier molecular flexibility index (Phi) is 3.78. The highest BCUT2D eigenvalue weighted by molar-refractivity contribution is 6.06. The first-order chi connectivity index (χ1) is 10.7. The van der Waals surface area contributed by atoms with Gasteiger partial charge in [0.25, 0.3) is 5.91 Å². The van der Waals surface area contributed by atoms with Crippen molar-refractivity contribution in [2.45, 2.75) is 19.8 Å². The van der Waals surface area contributed by atoms with Crippen molar-refractivity contribution in [2.24, 2.45) is 0 Å². The van der Waals surface area contributed by atoms with E-state index in [2.05, 4.69) is 27.4 Å². The first-order valence-corrected chi connectivity index (χ1v) is 7.09. The van der Waals surface area contributed by atoms with Gasteiger partial charge in [-0.25, -0.2) is 9.89 Å². The molecular weight excluding hydrogens is 284 g/mol. The van der Waals surface area contributed by atoms with Crippen molar-refractivity contribution < 1.29 is 9.21 Å². The highest BCUT2D eigenvalue weighted by Crippen LogP contribution is 2.22. The fourth-order valence-corrected chi connectivity index (χ4v) is 2.29. The highest BCUT2D eigenvalue weighted by atomic mass is 16.3. The smallest absolute Gasteiger partial charge is 0.340 e. The summed E-state index contributed by atoms with van der Waals surface area (Å²) >= 11 is 0. The topological polar surface area (TPSA) is 104 Å². The molecule has 0 radical (unpaired) electrons. The van der Waals surface area contributed by atoms with Gasteiger partial charge < -0.3 is 9.73 Å². The molecule has 22 heavy (non-hydrogen) atoms. The molecule has 1 aromatic carbocycles. The Morgan fingerprint density at radius 3 is 3.00 bits per heavy atom. The molecule has 7 nitrogen and oxygen atoms in total. The Hall–Kier alpha value is -2.83. The van der Waals surface area contributed by atoms with Crippen LogP contribution in [0.5, 0.6) is 0 Å². The standard InChI is InChI=1S/C15H16N4O3/c1-2-9-3-4-12-10(7-9)11(8-22-12)14(20)16-6-5-13-17-15(21)19-18-13/h3-4,7-8H,2,5-6H2,1H3,(H,16,20)(H2,17,18,19,21). The summed E-state index contributed by atoms with van der Waals surface area (Å²) in [6.07, 6.45) is 2.81. The summed E-state index contributed by atoms with van der Waals surface area (Å²) < 4.78 is 5.41. The zero-order valence-electron chi connectivity index (χ0n) is 12.1. The zero-order chi connectivity index (χ0) is 15.5. The lowest BCUT2D eigenvalue weighted by Crippen LogP contribution is -2.25. The summed E-state index contributed by atoms with van der Waals surface area (Å²) in [4.78, 5) is 25.7. The lowest BCUT2D eigenvalue weighted by molar-refractivity contribution is 0.0955. The third-order valence-electron chi connectivity index (χ3n) is 3.49. The second kappa shape index (κ2) is 5.88. The molecule has 3 aromatic rings. The number of amides is 1. The van der Waals surface area contributed by atoms with Crippen LogP contribution in [-0.4, -0.2) is 27.6 Å². The van der Waals surface area contributed by atoms with Gasteiger partial charge in [0.15, 0.2) is 0 Å². The maximum Gasteiger partial charge on any atom is 0.340 e. The summed E-state index contributed by atoms with van der Waals surface area (Å²) in [5.74, 6) is 0.306. The SMILES string of the molecule is CCc1ccc2occ(C(=O)NCCc3n[nH]c(=O)[nH]3)c2c1. The molecule has 0 saturated carbocycles. The molecule has 2 heterocycles. The number of aromatic amines is 2. The Labute approximate surface area is 125 Å². The van der Waals surface area contributed by atoms with E-state index in [9.17, 15) is 9.59 Å². The summed E-state index contributed by atoms with van der Waals surface area (Å²) in [5.41, 5.74) is 2.01. The minimum atomic E-state index is -0.353. The van der Waals surface area contributed by atoms with E-state index in [-0.39, 0.29) is 11.6 Å². The molecule has 0 unspecified atom stereocenters. The van der Waals surface area contributed by atoms with Crippen LogP contribution in [0.3, 0.4) is 0 Å². The van der Waals surface area contributed by atoms with Crippen molar-refractivity contribution in [3.05, 3.63) is 51.9 Å². The molecule has 3 rings (SSSR count). The van der Waals surface area contributed by atoms with Gasteiger partial charge in [0.05, 0.1) is 5.56 Å². The van der Waals surface area contributed by atoms with Gasteiger partial charge >= 0.3 is 5.69 Å². The fraction of sp³-hybridized carbons (Fsp3) is 0.267. The third-order valence-corrected chi connectivity index (χ3v) is 3.49. The summed E-state index contributed by atoms with van der Waals surface area (Å²) in [6, 6.07) is 5.83. The molecule has 0 aliphatic heterocycles. The van der Waals surface area contributed by atoms with Crippen LogP contribution in [0.4, 0.5) is 0 Å². The van der Waals surface area contributed by atoms with Crippen LogP contribution in [0.1, 0.15) is 28.7 Å². The van der Waals surface area contributed by atoms with E-state index in [0.717, 1.165) is 17.4 Å². The molecular formula is C15H16N4O3. The number of carbonyl (C=O) groups excluding carboxylic acids is 1. The molecule has 7 heteroatoms. The Bertz CT molecular complexity index is 859. The molecule has 3 N–H and O–H groups in total. The van der Waals surface area contributed by atoms with Crippen LogP contribution < -0.4 is 11.0 Å². The predicted octanol–water partition coefficient (Wildman–Crippen LogP) is 1.38. The van der Waals surface area contributed by atoms with Crippen LogP contribution in [0.15, 0.2) is 33.7 Å². The van der Waals surface area contributed by atoms with Crippen LogP contribution in [-0.2, 0) is 12.8 Å². The van der Waals surface area contributed by atoms with Crippen LogP contribution in [0.2, 0.25) is 0 Å². The molecule has 1 amide bonds. The number of aromatic nitrogens is 3. The fourth-order valence-electron chi connectivity index (χ4n) is 2.29. The minimum Gasteiger partial charge on any atom is -0.463 e. The maximum atomic E-state index is 12.2. The Balaban J connectivity index is 1.70. The van der Waals surface area contributed by atoms with E-state index in [1.807, 2.05) is 18.2 Å². The number of fused-ring (bicyclic) bond motifs is 1. The van der Waals surface area contributed by atoms with Gasteiger partial charge in [0.1, 0.15) is 17.7 Å². The lowest BCUT2D eigenvalue weighted by atomic mass is 10.1. The number of hydrogen-bond donors (Lipinski definition) is 3. The van der Waals surface area contributed by atoms with E-state index in [4.69, 9.17) is 4.42 Å². The predicted molar refractivity (Wildman–Crippen MR) is 80.8 cm³/mol. The molecule has 2 aromatic heterocycles. The van der Waals surface area contributed by atoms with Crippen LogP contribution >= 0.6 is 0 Å². The number of carbonyl (C=O) groups is 1. The van der Waals surface area contributed by atoms with Gasteiger partial charge in [0.2, 0.25) is 0 Å². The molecule has 0 bridgehead atoms. The van der Waals surface area contributed by atoms with Gasteiger partial charge in [0, 0.05) is 18.4 Å². The number of H-pyrrole nitrogens is 2. The third kappa shape index (κ3) is 2.78. The van der Waals surface area contributed by atoms with E-state index in [0.29, 0.717) is 29.9 Å². The van der Waals surface area contributed by atoms with Gasteiger partial charge in [-0.1, -0.05) is 13.0 Å². The summed E-state index contributed by atoms with van der Waals surface area (Å²) in [6.45, 7) is 2.44. The van der Waals surface area contributed by atoms with Crippen molar-refractivity contribution in [2.75, 3.05) is 6.54 Å². The van der Waals surface area contributed by atoms with Gasteiger partial charge in [-0.3, -0.25) is 9.78 Å². The number of furan rings is 1. The zero-order valence-corrected chi connectivity index (χ0v) is 12.1. The molecule has 0 fully saturated rings.